The van der Waals surface area contributed by atoms with Gasteiger partial charge in [0.25, 0.3) is 5.56 Å². The second kappa shape index (κ2) is 9.51. The smallest absolute Gasteiger partial charge is 0.387 e. The molecule has 0 spiro atoms. The second-order valence-electron chi connectivity index (χ2n) is 6.11. The Kier molecular flexibility index (Phi) is 6.82. The molecule has 1 heterocycles. The van der Waals surface area contributed by atoms with Gasteiger partial charge >= 0.3 is 6.61 Å². The number of anilines is 1. The van der Waals surface area contributed by atoms with E-state index in [1.807, 2.05) is 13.0 Å². The summed E-state index contributed by atoms with van der Waals surface area (Å²) in [6, 6.07) is 12.7. The fourth-order valence-corrected chi connectivity index (χ4v) is 3.55. The van der Waals surface area contributed by atoms with Gasteiger partial charge in [0.05, 0.1) is 16.7 Å². The van der Waals surface area contributed by atoms with Gasteiger partial charge in [0, 0.05) is 12.2 Å². The fraction of sp³-hybridized carbons (Fsp3) is 0.250. The third-order valence-corrected chi connectivity index (χ3v) is 4.95. The van der Waals surface area contributed by atoms with Crippen molar-refractivity contribution in [2.24, 2.45) is 0 Å². The SMILES string of the molecule is CCCn1c(SCC(=O)Nc2ccc(OC(F)F)cc2)nc2ccccc2c1=O. The normalized spacial score (nSPS) is 11.0. The van der Waals surface area contributed by atoms with E-state index in [0.29, 0.717) is 28.3 Å². The van der Waals surface area contributed by atoms with Crippen molar-refractivity contribution < 1.29 is 18.3 Å². The molecule has 3 rings (SSSR count). The number of rotatable bonds is 8. The van der Waals surface area contributed by atoms with Crippen molar-refractivity contribution >= 4 is 34.3 Å². The molecule has 0 saturated heterocycles. The molecular weight excluding hydrogens is 400 g/mol. The molecule has 0 atom stereocenters. The van der Waals surface area contributed by atoms with Crippen LogP contribution in [0.4, 0.5) is 14.5 Å². The lowest BCUT2D eigenvalue weighted by atomic mass is 10.2. The lowest BCUT2D eigenvalue weighted by Crippen LogP contribution is -2.24. The van der Waals surface area contributed by atoms with E-state index in [4.69, 9.17) is 0 Å². The number of ether oxygens (including phenoxy) is 1. The summed E-state index contributed by atoms with van der Waals surface area (Å²) in [7, 11) is 0. The van der Waals surface area contributed by atoms with Crippen LogP contribution in [0.1, 0.15) is 13.3 Å². The maximum Gasteiger partial charge on any atom is 0.387 e. The van der Waals surface area contributed by atoms with Gasteiger partial charge < -0.3 is 10.1 Å². The van der Waals surface area contributed by atoms with Crippen LogP contribution in [0.15, 0.2) is 58.5 Å². The summed E-state index contributed by atoms with van der Waals surface area (Å²) < 4.78 is 30.2. The van der Waals surface area contributed by atoms with Crippen molar-refractivity contribution in [2.75, 3.05) is 11.1 Å². The number of hydrogen-bond donors (Lipinski definition) is 1. The minimum atomic E-state index is -2.90. The van der Waals surface area contributed by atoms with Crippen LogP contribution in [0, 0.1) is 0 Å². The van der Waals surface area contributed by atoms with Gasteiger partial charge in [-0.25, -0.2) is 4.98 Å². The number of benzene rings is 2. The van der Waals surface area contributed by atoms with Crippen LogP contribution in [-0.4, -0.2) is 27.8 Å². The molecule has 9 heteroatoms. The average Bonchev–Trinajstić information content (AvgIpc) is 2.70. The number of nitrogens with zero attached hydrogens (tertiary/aromatic N) is 2. The summed E-state index contributed by atoms with van der Waals surface area (Å²) in [6.07, 6.45) is 0.757. The highest BCUT2D eigenvalue weighted by molar-refractivity contribution is 7.99. The van der Waals surface area contributed by atoms with E-state index in [1.165, 1.54) is 36.0 Å². The molecule has 1 N–H and O–H groups in total. The van der Waals surface area contributed by atoms with E-state index in [-0.39, 0.29) is 23.0 Å². The number of nitrogens with one attached hydrogen (secondary N) is 1. The minimum Gasteiger partial charge on any atom is -0.435 e. The Morgan fingerprint density at radius 3 is 2.62 bits per heavy atom. The van der Waals surface area contributed by atoms with Crippen LogP contribution in [0.25, 0.3) is 10.9 Å². The Balaban J connectivity index is 1.70. The van der Waals surface area contributed by atoms with Crippen molar-refractivity contribution in [3.63, 3.8) is 0 Å². The summed E-state index contributed by atoms with van der Waals surface area (Å²) >= 11 is 1.17. The first kappa shape index (κ1) is 20.8. The van der Waals surface area contributed by atoms with Gasteiger partial charge in [0.15, 0.2) is 5.16 Å². The van der Waals surface area contributed by atoms with Gasteiger partial charge in [0.2, 0.25) is 5.91 Å². The first-order chi connectivity index (χ1) is 14.0. The van der Waals surface area contributed by atoms with Crippen LogP contribution < -0.4 is 15.6 Å². The molecule has 1 amide bonds. The van der Waals surface area contributed by atoms with Crippen LogP contribution >= 0.6 is 11.8 Å². The predicted octanol–water partition coefficient (Wildman–Crippen LogP) is 4.14. The summed E-state index contributed by atoms with van der Waals surface area (Å²) in [5.41, 5.74) is 0.909. The number of carbonyl (C=O) groups excluding carboxylic acids is 1. The van der Waals surface area contributed by atoms with Crippen LogP contribution in [-0.2, 0) is 11.3 Å². The van der Waals surface area contributed by atoms with E-state index >= 15 is 0 Å². The molecule has 1 aromatic heterocycles. The molecule has 29 heavy (non-hydrogen) atoms. The number of halogens is 2. The largest absolute Gasteiger partial charge is 0.435 e. The highest BCUT2D eigenvalue weighted by Gasteiger charge is 2.13. The summed E-state index contributed by atoms with van der Waals surface area (Å²) in [6.45, 7) is -0.432. The number of fused-ring (bicyclic) bond motifs is 1. The first-order valence-electron chi connectivity index (χ1n) is 8.95. The molecule has 0 saturated carbocycles. The molecule has 0 radical (unpaired) electrons. The summed E-state index contributed by atoms with van der Waals surface area (Å²) in [4.78, 5) is 29.5. The monoisotopic (exact) mass is 419 g/mol. The minimum absolute atomic E-state index is 0.0105. The molecular formula is C20H19F2N3O3S. The van der Waals surface area contributed by atoms with Crippen molar-refractivity contribution in [3.8, 4) is 5.75 Å². The van der Waals surface area contributed by atoms with Crippen molar-refractivity contribution in [1.82, 2.24) is 9.55 Å². The lowest BCUT2D eigenvalue weighted by Gasteiger charge is -2.12. The quantitative estimate of drug-likeness (QED) is 0.439. The third kappa shape index (κ3) is 5.32. The molecule has 152 valence electrons. The predicted molar refractivity (Wildman–Crippen MR) is 109 cm³/mol. The van der Waals surface area contributed by atoms with Crippen molar-refractivity contribution in [3.05, 3.63) is 58.9 Å². The van der Waals surface area contributed by atoms with Gasteiger partial charge in [-0.2, -0.15) is 8.78 Å². The molecule has 3 aromatic rings. The summed E-state index contributed by atoms with van der Waals surface area (Å²) in [5.74, 6) is -0.247. The number of amides is 1. The van der Waals surface area contributed by atoms with E-state index in [2.05, 4.69) is 15.0 Å². The summed E-state index contributed by atoms with van der Waals surface area (Å²) in [5, 5.41) is 3.70. The van der Waals surface area contributed by atoms with Crippen molar-refractivity contribution in [1.29, 1.82) is 0 Å². The molecule has 0 unspecified atom stereocenters. The number of thioether (sulfide) groups is 1. The molecule has 0 fully saturated rings. The number of hydrogen-bond acceptors (Lipinski definition) is 5. The Morgan fingerprint density at radius 2 is 1.93 bits per heavy atom. The van der Waals surface area contributed by atoms with Crippen molar-refractivity contribution in [2.45, 2.75) is 31.7 Å². The highest BCUT2D eigenvalue weighted by atomic mass is 32.2. The zero-order chi connectivity index (χ0) is 20.8. The maximum atomic E-state index is 12.7. The molecule has 2 aromatic carbocycles. The first-order valence-corrected chi connectivity index (χ1v) is 9.93. The van der Waals surface area contributed by atoms with Crippen LogP contribution in [0.5, 0.6) is 5.75 Å². The average molecular weight is 419 g/mol. The Morgan fingerprint density at radius 1 is 1.21 bits per heavy atom. The number of alkyl halides is 2. The van der Waals surface area contributed by atoms with Gasteiger partial charge in [-0.05, 0) is 42.8 Å². The lowest BCUT2D eigenvalue weighted by molar-refractivity contribution is -0.113. The Bertz CT molecular complexity index is 1060. The van der Waals surface area contributed by atoms with Gasteiger partial charge in [-0.3, -0.25) is 14.2 Å². The topological polar surface area (TPSA) is 73.2 Å². The van der Waals surface area contributed by atoms with E-state index in [0.717, 1.165) is 6.42 Å². The molecule has 0 aliphatic heterocycles. The standard InChI is InChI=1S/C20H19F2N3O3S/c1-2-11-25-18(27)15-5-3-4-6-16(15)24-20(25)29-12-17(26)23-13-7-9-14(10-8-13)28-19(21)22/h3-10,19H,2,11-12H2,1H3,(H,23,26). The molecule has 0 aliphatic rings. The second-order valence-corrected chi connectivity index (χ2v) is 7.05. The zero-order valence-corrected chi connectivity index (χ0v) is 16.4. The highest BCUT2D eigenvalue weighted by Crippen LogP contribution is 2.20. The van der Waals surface area contributed by atoms with Gasteiger partial charge in [-0.15, -0.1) is 0 Å². The third-order valence-electron chi connectivity index (χ3n) is 3.97. The van der Waals surface area contributed by atoms with E-state index in [1.54, 1.807) is 22.8 Å². The maximum absolute atomic E-state index is 12.7. The molecule has 6 nitrogen and oxygen atoms in total. The number of para-hydroxylation sites is 1. The van der Waals surface area contributed by atoms with Crippen LogP contribution in [0.2, 0.25) is 0 Å². The van der Waals surface area contributed by atoms with Gasteiger partial charge in [-0.1, -0.05) is 30.8 Å². The van der Waals surface area contributed by atoms with E-state index in [9.17, 15) is 18.4 Å². The number of aromatic nitrogens is 2. The van der Waals surface area contributed by atoms with E-state index < -0.39 is 6.61 Å². The number of carbonyl (C=O) groups is 1. The molecule has 0 aliphatic carbocycles. The Hall–Kier alpha value is -2.94. The Labute approximate surface area is 169 Å². The van der Waals surface area contributed by atoms with Crippen LogP contribution in [0.3, 0.4) is 0 Å². The zero-order valence-electron chi connectivity index (χ0n) is 15.6. The van der Waals surface area contributed by atoms with Gasteiger partial charge in [0.1, 0.15) is 5.75 Å². The molecule has 0 bridgehead atoms. The fourth-order valence-electron chi connectivity index (χ4n) is 2.73.